The predicted octanol–water partition coefficient (Wildman–Crippen LogP) is 5.34. The Kier molecular flexibility index (Phi) is 3.34. The van der Waals surface area contributed by atoms with Gasteiger partial charge in [-0.05, 0) is 35.9 Å². The highest BCUT2D eigenvalue weighted by Gasteiger charge is 2.07. The smallest absolute Gasteiger partial charge is 0.140 e. The summed E-state index contributed by atoms with van der Waals surface area (Å²) < 4.78 is 6.09. The molecule has 0 radical (unpaired) electrons. The second-order valence-corrected chi connectivity index (χ2v) is 5.16. The van der Waals surface area contributed by atoms with Gasteiger partial charge in [0.15, 0.2) is 0 Å². The van der Waals surface area contributed by atoms with Crippen molar-refractivity contribution in [1.82, 2.24) is 0 Å². The average molecular weight is 266 g/mol. The maximum absolute atomic E-state index is 6.09. The van der Waals surface area contributed by atoms with Crippen molar-refractivity contribution >= 4 is 27.9 Å². The Morgan fingerprint density at radius 1 is 1.00 bits per heavy atom. The zero-order valence-electron chi connectivity index (χ0n) is 10.7. The first-order chi connectivity index (χ1) is 9.38. The Hall–Kier alpha value is -2.06. The molecule has 2 heteroatoms. The van der Waals surface area contributed by atoms with Gasteiger partial charge in [-0.2, -0.15) is 0 Å². The van der Waals surface area contributed by atoms with E-state index in [0.717, 1.165) is 21.8 Å². The van der Waals surface area contributed by atoms with Crippen LogP contribution in [0.4, 0.5) is 0 Å². The van der Waals surface area contributed by atoms with E-state index in [0.29, 0.717) is 0 Å². The second kappa shape index (κ2) is 5.29. The van der Waals surface area contributed by atoms with E-state index in [4.69, 9.17) is 4.74 Å². The molecule has 0 fully saturated rings. The molecule has 0 N–H and O–H groups in total. The van der Waals surface area contributed by atoms with Gasteiger partial charge in [-0.3, -0.25) is 0 Å². The van der Waals surface area contributed by atoms with Gasteiger partial charge in [0.1, 0.15) is 11.5 Å². The summed E-state index contributed by atoms with van der Waals surface area (Å²) >= 11 is 1.69. The van der Waals surface area contributed by atoms with Gasteiger partial charge in [-0.25, -0.2) is 0 Å². The normalized spacial score (nSPS) is 11.7. The van der Waals surface area contributed by atoms with Crippen LogP contribution in [0.2, 0.25) is 0 Å². The van der Waals surface area contributed by atoms with Gasteiger partial charge in [-0.15, -0.1) is 11.3 Å². The Labute approximate surface area is 116 Å². The zero-order valence-corrected chi connectivity index (χ0v) is 11.5. The largest absolute Gasteiger partial charge is 0.456 e. The maximum atomic E-state index is 6.09. The number of thiophene rings is 1. The molecule has 1 aromatic heterocycles. The summed E-state index contributed by atoms with van der Waals surface area (Å²) in [6.45, 7) is 2.00. The summed E-state index contributed by atoms with van der Waals surface area (Å²) in [6, 6.07) is 18.5. The molecule has 0 bridgehead atoms. The van der Waals surface area contributed by atoms with Crippen LogP contribution in [0.3, 0.4) is 0 Å². The van der Waals surface area contributed by atoms with E-state index in [-0.39, 0.29) is 0 Å². The van der Waals surface area contributed by atoms with Gasteiger partial charge in [0.05, 0.1) is 4.88 Å². The van der Waals surface area contributed by atoms with Crippen LogP contribution in [0.25, 0.3) is 16.5 Å². The lowest BCUT2D eigenvalue weighted by Gasteiger charge is -2.10. The molecular formula is C17H14OS. The topological polar surface area (TPSA) is 9.23 Å². The van der Waals surface area contributed by atoms with E-state index in [2.05, 4.69) is 29.6 Å². The Morgan fingerprint density at radius 3 is 2.63 bits per heavy atom. The maximum Gasteiger partial charge on any atom is 0.140 e. The molecule has 94 valence electrons. The number of allylic oxidation sites excluding steroid dienone is 1. The van der Waals surface area contributed by atoms with Crippen molar-refractivity contribution in [1.29, 1.82) is 0 Å². The van der Waals surface area contributed by atoms with E-state index >= 15 is 0 Å². The third-order valence-electron chi connectivity index (χ3n) is 3.00. The van der Waals surface area contributed by atoms with Gasteiger partial charge >= 0.3 is 0 Å². The molecule has 19 heavy (non-hydrogen) atoms. The van der Waals surface area contributed by atoms with Crippen LogP contribution in [0.5, 0.6) is 5.75 Å². The number of rotatable bonds is 3. The van der Waals surface area contributed by atoms with E-state index < -0.39 is 0 Å². The Balaban J connectivity index is 2.02. The van der Waals surface area contributed by atoms with Crippen LogP contribution in [-0.2, 0) is 0 Å². The quantitative estimate of drug-likeness (QED) is 0.581. The number of fused-ring (bicyclic) bond motifs is 1. The fourth-order valence-corrected chi connectivity index (χ4v) is 2.81. The molecule has 2 aromatic carbocycles. The van der Waals surface area contributed by atoms with E-state index in [1.807, 2.05) is 43.3 Å². The standard InChI is InChI=1S/C17H14OS/c1-2-15(17-11-6-12-19-17)18-16-10-5-8-13-7-3-4-9-14(13)16/h2-12H,1H3/b15-2+. The van der Waals surface area contributed by atoms with Gasteiger partial charge < -0.3 is 4.74 Å². The SMILES string of the molecule is C/C=C(/Oc1cccc2ccccc12)c1cccs1. The minimum atomic E-state index is 0.902. The summed E-state index contributed by atoms with van der Waals surface area (Å²) in [7, 11) is 0. The molecule has 0 aliphatic rings. The Morgan fingerprint density at radius 2 is 1.84 bits per heavy atom. The lowest BCUT2D eigenvalue weighted by molar-refractivity contribution is 0.522. The molecule has 1 heterocycles. The van der Waals surface area contributed by atoms with Crippen LogP contribution in [0.15, 0.2) is 66.1 Å². The van der Waals surface area contributed by atoms with Gasteiger partial charge in [0, 0.05) is 5.39 Å². The highest BCUT2D eigenvalue weighted by atomic mass is 32.1. The van der Waals surface area contributed by atoms with Crippen LogP contribution in [0, 0.1) is 0 Å². The molecule has 0 saturated carbocycles. The minimum absolute atomic E-state index is 0.902. The molecule has 0 unspecified atom stereocenters. The highest BCUT2D eigenvalue weighted by Crippen LogP contribution is 2.30. The van der Waals surface area contributed by atoms with E-state index in [1.54, 1.807) is 11.3 Å². The number of ether oxygens (including phenoxy) is 1. The second-order valence-electron chi connectivity index (χ2n) is 4.21. The zero-order chi connectivity index (χ0) is 13.1. The fraction of sp³-hybridized carbons (Fsp3) is 0.0588. The molecule has 0 aliphatic heterocycles. The van der Waals surface area contributed by atoms with E-state index in [9.17, 15) is 0 Å². The molecular weight excluding hydrogens is 252 g/mol. The molecule has 0 saturated heterocycles. The van der Waals surface area contributed by atoms with Gasteiger partial charge in [0.25, 0.3) is 0 Å². The third-order valence-corrected chi connectivity index (χ3v) is 3.88. The molecule has 3 rings (SSSR count). The van der Waals surface area contributed by atoms with Crippen molar-refractivity contribution in [2.45, 2.75) is 6.92 Å². The molecule has 0 amide bonds. The van der Waals surface area contributed by atoms with Gasteiger partial charge in [-0.1, -0.05) is 42.5 Å². The van der Waals surface area contributed by atoms with Crippen molar-refractivity contribution in [3.63, 3.8) is 0 Å². The summed E-state index contributed by atoms with van der Waals surface area (Å²) in [5.74, 6) is 1.81. The summed E-state index contributed by atoms with van der Waals surface area (Å²) in [5.41, 5.74) is 0. The summed E-state index contributed by atoms with van der Waals surface area (Å²) in [4.78, 5) is 1.15. The predicted molar refractivity (Wildman–Crippen MR) is 82.5 cm³/mol. The first-order valence-corrected chi connectivity index (χ1v) is 7.12. The monoisotopic (exact) mass is 266 g/mol. The van der Waals surface area contributed by atoms with Crippen molar-refractivity contribution in [2.24, 2.45) is 0 Å². The highest BCUT2D eigenvalue weighted by molar-refractivity contribution is 7.11. The number of hydrogen-bond acceptors (Lipinski definition) is 2. The number of hydrogen-bond donors (Lipinski definition) is 0. The van der Waals surface area contributed by atoms with Crippen LogP contribution >= 0.6 is 11.3 Å². The van der Waals surface area contributed by atoms with Crippen molar-refractivity contribution in [3.8, 4) is 5.75 Å². The molecule has 3 aromatic rings. The molecule has 0 aliphatic carbocycles. The summed E-state index contributed by atoms with van der Waals surface area (Å²) in [6.07, 6.45) is 2.01. The van der Waals surface area contributed by atoms with Crippen LogP contribution in [0.1, 0.15) is 11.8 Å². The van der Waals surface area contributed by atoms with Crippen LogP contribution in [-0.4, -0.2) is 0 Å². The number of benzene rings is 2. The van der Waals surface area contributed by atoms with Crippen LogP contribution < -0.4 is 4.74 Å². The lowest BCUT2D eigenvalue weighted by atomic mass is 10.1. The van der Waals surface area contributed by atoms with Crippen molar-refractivity contribution in [2.75, 3.05) is 0 Å². The van der Waals surface area contributed by atoms with Crippen molar-refractivity contribution in [3.05, 3.63) is 70.9 Å². The first kappa shape index (κ1) is 12.0. The molecule has 1 nitrogen and oxygen atoms in total. The molecule has 0 spiro atoms. The summed E-state index contributed by atoms with van der Waals surface area (Å²) in [5, 5.41) is 4.40. The van der Waals surface area contributed by atoms with Gasteiger partial charge in [0.2, 0.25) is 0 Å². The Bertz CT molecular complexity index is 706. The van der Waals surface area contributed by atoms with E-state index in [1.165, 1.54) is 5.39 Å². The average Bonchev–Trinajstić information content (AvgIpc) is 2.99. The van der Waals surface area contributed by atoms with Crippen molar-refractivity contribution < 1.29 is 4.74 Å². The fourth-order valence-electron chi connectivity index (χ4n) is 2.07. The lowest BCUT2D eigenvalue weighted by Crippen LogP contribution is -1.93. The molecule has 0 atom stereocenters. The first-order valence-electron chi connectivity index (χ1n) is 6.24. The third kappa shape index (κ3) is 2.40. The minimum Gasteiger partial charge on any atom is -0.456 e.